The van der Waals surface area contributed by atoms with Crippen molar-refractivity contribution in [1.29, 1.82) is 0 Å². The molecule has 1 aromatic rings. The van der Waals surface area contributed by atoms with E-state index in [2.05, 4.69) is 48.3 Å². The van der Waals surface area contributed by atoms with E-state index in [0.29, 0.717) is 18.9 Å². The number of primary amides is 1. The highest BCUT2D eigenvalue weighted by Gasteiger charge is 2.23. The zero-order chi connectivity index (χ0) is 16.7. The topological polar surface area (TPSA) is 70.7 Å². The lowest BCUT2D eigenvalue weighted by molar-refractivity contribution is -0.119. The summed E-state index contributed by atoms with van der Waals surface area (Å²) in [6, 6.07) is 8.43. The molecule has 126 valence electrons. The second-order valence-corrected chi connectivity index (χ2v) is 6.28. The van der Waals surface area contributed by atoms with E-state index in [0.717, 1.165) is 38.4 Å². The number of rotatable bonds is 5. The molecule has 1 atom stereocenters. The van der Waals surface area contributed by atoms with Crippen LogP contribution >= 0.6 is 0 Å². The molecule has 1 unspecified atom stereocenters. The number of likely N-dealkylation sites (tertiary alicyclic amines) is 1. The molecule has 0 aliphatic carbocycles. The zero-order valence-electron chi connectivity index (χ0n) is 14.2. The molecule has 23 heavy (non-hydrogen) atoms. The molecule has 1 aliphatic rings. The molecule has 0 bridgehead atoms. The molecule has 1 fully saturated rings. The number of hydrogen-bond donors (Lipinski definition) is 2. The highest BCUT2D eigenvalue weighted by atomic mass is 16.1. The van der Waals surface area contributed by atoms with Crippen molar-refractivity contribution in [3.63, 3.8) is 0 Å². The van der Waals surface area contributed by atoms with Crippen molar-refractivity contribution < 1.29 is 4.79 Å². The van der Waals surface area contributed by atoms with Crippen molar-refractivity contribution in [2.24, 2.45) is 16.6 Å². The van der Waals surface area contributed by atoms with Crippen LogP contribution in [0.1, 0.15) is 37.3 Å². The summed E-state index contributed by atoms with van der Waals surface area (Å²) in [4.78, 5) is 18.2. The number of carbonyl (C=O) groups is 1. The molecule has 0 saturated carbocycles. The first-order valence-corrected chi connectivity index (χ1v) is 8.45. The molecular weight excluding hydrogens is 288 g/mol. The summed E-state index contributed by atoms with van der Waals surface area (Å²) < 4.78 is 0. The third-order valence-corrected chi connectivity index (χ3v) is 4.14. The Morgan fingerprint density at radius 2 is 2.30 bits per heavy atom. The quantitative estimate of drug-likeness (QED) is 0.645. The number of aryl methyl sites for hydroxylation is 1. The molecule has 5 heteroatoms. The normalized spacial score (nSPS) is 18.8. The second kappa shape index (κ2) is 8.56. The number of nitrogens with zero attached hydrogens (tertiary/aromatic N) is 2. The summed E-state index contributed by atoms with van der Waals surface area (Å²) >= 11 is 0. The molecular formula is C18H28N4O. The first kappa shape index (κ1) is 17.3. The van der Waals surface area contributed by atoms with Gasteiger partial charge in [0.1, 0.15) is 0 Å². The molecule has 2 rings (SSSR count). The van der Waals surface area contributed by atoms with Gasteiger partial charge in [-0.1, -0.05) is 29.8 Å². The lowest BCUT2D eigenvalue weighted by Crippen LogP contribution is -2.47. The van der Waals surface area contributed by atoms with Crippen LogP contribution < -0.4 is 11.1 Å². The van der Waals surface area contributed by atoms with Gasteiger partial charge in [-0.15, -0.1) is 0 Å². The Bertz CT molecular complexity index is 556. The van der Waals surface area contributed by atoms with E-state index < -0.39 is 0 Å². The zero-order valence-corrected chi connectivity index (χ0v) is 14.2. The number of hydrogen-bond acceptors (Lipinski definition) is 2. The number of guanidine groups is 1. The smallest absolute Gasteiger partial charge is 0.217 e. The van der Waals surface area contributed by atoms with Gasteiger partial charge in [0.2, 0.25) is 5.91 Å². The van der Waals surface area contributed by atoms with E-state index in [1.165, 1.54) is 11.1 Å². The van der Waals surface area contributed by atoms with Crippen LogP contribution in [0.4, 0.5) is 0 Å². The lowest BCUT2D eigenvalue weighted by atomic mass is 9.95. The minimum Gasteiger partial charge on any atom is -0.370 e. The summed E-state index contributed by atoms with van der Waals surface area (Å²) in [5.74, 6) is 1.06. The molecule has 5 nitrogen and oxygen atoms in total. The maximum atomic E-state index is 11.2. The third kappa shape index (κ3) is 5.58. The van der Waals surface area contributed by atoms with Crippen molar-refractivity contribution in [3.8, 4) is 0 Å². The third-order valence-electron chi connectivity index (χ3n) is 4.14. The average molecular weight is 316 g/mol. The van der Waals surface area contributed by atoms with E-state index in [1.54, 1.807) is 0 Å². The highest BCUT2D eigenvalue weighted by molar-refractivity contribution is 5.80. The number of piperidine rings is 1. The van der Waals surface area contributed by atoms with Gasteiger partial charge in [-0.3, -0.25) is 4.79 Å². The maximum absolute atomic E-state index is 11.2. The summed E-state index contributed by atoms with van der Waals surface area (Å²) in [6.45, 7) is 7.51. The lowest BCUT2D eigenvalue weighted by Gasteiger charge is -2.34. The Morgan fingerprint density at radius 3 is 3.00 bits per heavy atom. The fourth-order valence-corrected chi connectivity index (χ4v) is 3.11. The predicted molar refractivity (Wildman–Crippen MR) is 94.1 cm³/mol. The van der Waals surface area contributed by atoms with Gasteiger partial charge in [-0.2, -0.15) is 0 Å². The van der Waals surface area contributed by atoms with E-state index >= 15 is 0 Å². The van der Waals surface area contributed by atoms with Crippen molar-refractivity contribution in [2.75, 3.05) is 19.6 Å². The van der Waals surface area contributed by atoms with Crippen LogP contribution in [0.25, 0.3) is 0 Å². The fraction of sp³-hybridized carbons (Fsp3) is 0.556. The summed E-state index contributed by atoms with van der Waals surface area (Å²) in [7, 11) is 0. The Balaban J connectivity index is 2.04. The first-order valence-electron chi connectivity index (χ1n) is 8.45. The van der Waals surface area contributed by atoms with Gasteiger partial charge in [0.15, 0.2) is 5.96 Å². The molecule has 0 spiro atoms. The molecule has 1 aromatic carbocycles. The number of nitrogens with two attached hydrogens (primary N) is 1. The van der Waals surface area contributed by atoms with Crippen LogP contribution in [0, 0.1) is 12.8 Å². The molecule has 1 saturated heterocycles. The van der Waals surface area contributed by atoms with Crippen molar-refractivity contribution in [1.82, 2.24) is 10.2 Å². The fourth-order valence-electron chi connectivity index (χ4n) is 3.11. The van der Waals surface area contributed by atoms with Gasteiger partial charge in [0, 0.05) is 26.1 Å². The van der Waals surface area contributed by atoms with Crippen molar-refractivity contribution in [2.45, 2.75) is 39.7 Å². The Hall–Kier alpha value is -2.04. The molecule has 1 heterocycles. The van der Waals surface area contributed by atoms with Gasteiger partial charge in [-0.25, -0.2) is 4.99 Å². The SMILES string of the molecule is CCNC(=NCc1cccc(C)c1)N1CCCC(CC(N)=O)C1. The summed E-state index contributed by atoms with van der Waals surface area (Å²) in [5.41, 5.74) is 7.82. The van der Waals surface area contributed by atoms with Crippen molar-refractivity contribution in [3.05, 3.63) is 35.4 Å². The molecule has 1 aliphatic heterocycles. The van der Waals surface area contributed by atoms with Gasteiger partial charge in [0.25, 0.3) is 0 Å². The largest absolute Gasteiger partial charge is 0.370 e. The summed E-state index contributed by atoms with van der Waals surface area (Å²) in [5, 5.41) is 3.37. The molecule has 1 amide bonds. The maximum Gasteiger partial charge on any atom is 0.217 e. The monoisotopic (exact) mass is 316 g/mol. The second-order valence-electron chi connectivity index (χ2n) is 6.28. The van der Waals surface area contributed by atoms with E-state index in [4.69, 9.17) is 10.7 Å². The van der Waals surface area contributed by atoms with Crippen LogP contribution in [0.3, 0.4) is 0 Å². The van der Waals surface area contributed by atoms with Crippen LogP contribution in [0.15, 0.2) is 29.3 Å². The highest BCUT2D eigenvalue weighted by Crippen LogP contribution is 2.19. The minimum absolute atomic E-state index is 0.210. The van der Waals surface area contributed by atoms with Gasteiger partial charge in [0.05, 0.1) is 6.54 Å². The Labute approximate surface area is 139 Å². The van der Waals surface area contributed by atoms with Crippen molar-refractivity contribution >= 4 is 11.9 Å². The Kier molecular flexibility index (Phi) is 6.44. The molecule has 0 aromatic heterocycles. The van der Waals surface area contributed by atoms with Crippen LogP contribution in [0.5, 0.6) is 0 Å². The molecule has 0 radical (unpaired) electrons. The molecule has 3 N–H and O–H groups in total. The van der Waals surface area contributed by atoms with Gasteiger partial charge < -0.3 is 16.0 Å². The van der Waals surface area contributed by atoms with Crippen LogP contribution in [-0.4, -0.2) is 36.4 Å². The predicted octanol–water partition coefficient (Wildman–Crippen LogP) is 2.05. The number of aliphatic imine (C=N–C) groups is 1. The van der Waals surface area contributed by atoms with E-state index in [9.17, 15) is 4.79 Å². The average Bonchev–Trinajstić information content (AvgIpc) is 2.51. The van der Waals surface area contributed by atoms with Crippen LogP contribution in [-0.2, 0) is 11.3 Å². The van der Waals surface area contributed by atoms with Gasteiger partial charge in [-0.05, 0) is 38.2 Å². The van der Waals surface area contributed by atoms with E-state index in [-0.39, 0.29) is 5.91 Å². The standard InChI is InChI=1S/C18H28N4O/c1-3-20-18(21-12-15-7-4-6-14(2)10-15)22-9-5-8-16(13-22)11-17(19)23/h4,6-7,10,16H,3,5,8-9,11-13H2,1-2H3,(H2,19,23)(H,20,21). The van der Waals surface area contributed by atoms with Crippen LogP contribution in [0.2, 0.25) is 0 Å². The number of benzene rings is 1. The first-order chi connectivity index (χ1) is 11.1. The number of nitrogens with one attached hydrogen (secondary N) is 1. The number of amides is 1. The number of carbonyl (C=O) groups excluding carboxylic acids is 1. The van der Waals surface area contributed by atoms with Gasteiger partial charge >= 0.3 is 0 Å². The minimum atomic E-state index is -0.210. The van der Waals surface area contributed by atoms with E-state index in [1.807, 2.05) is 0 Å². The Morgan fingerprint density at radius 1 is 1.48 bits per heavy atom. The summed E-state index contributed by atoms with van der Waals surface area (Å²) in [6.07, 6.45) is 2.61.